The number of esters is 1. The molecule has 2 amide bonds. The zero-order chi connectivity index (χ0) is 12.8. The van der Waals surface area contributed by atoms with Gasteiger partial charge in [0.05, 0.1) is 18.2 Å². The van der Waals surface area contributed by atoms with Crippen LogP contribution in [-0.2, 0) is 9.53 Å². The Morgan fingerprint density at radius 1 is 1.53 bits per heavy atom. The number of hydrogen-bond donors (Lipinski definition) is 2. The summed E-state index contributed by atoms with van der Waals surface area (Å²) in [5, 5.41) is 3.91. The molecule has 1 aliphatic carbocycles. The van der Waals surface area contributed by atoms with Crippen LogP contribution in [0.15, 0.2) is 5.10 Å². The summed E-state index contributed by atoms with van der Waals surface area (Å²) in [4.78, 5) is 22.3. The number of amides is 2. The van der Waals surface area contributed by atoms with Crippen LogP contribution in [0.1, 0.15) is 33.1 Å². The van der Waals surface area contributed by atoms with Gasteiger partial charge in [-0.25, -0.2) is 10.2 Å². The van der Waals surface area contributed by atoms with Gasteiger partial charge in [-0.05, 0) is 32.1 Å². The molecule has 0 aromatic carbocycles. The molecule has 2 unspecified atom stereocenters. The van der Waals surface area contributed by atoms with Crippen LogP contribution in [0.3, 0.4) is 0 Å². The maximum absolute atomic E-state index is 11.7. The molecule has 96 valence electrons. The summed E-state index contributed by atoms with van der Waals surface area (Å²) in [6.07, 6.45) is 2.35. The molecule has 0 heterocycles. The van der Waals surface area contributed by atoms with Crippen LogP contribution < -0.4 is 11.2 Å². The number of ether oxygens (including phenoxy) is 1. The Hall–Kier alpha value is -1.59. The molecule has 3 N–H and O–H groups in total. The number of primary amides is 1. The van der Waals surface area contributed by atoms with Crippen LogP contribution in [-0.4, -0.2) is 24.3 Å². The Labute approximate surface area is 101 Å². The van der Waals surface area contributed by atoms with Crippen LogP contribution in [0.2, 0.25) is 0 Å². The molecule has 0 aliphatic heterocycles. The van der Waals surface area contributed by atoms with E-state index in [9.17, 15) is 9.59 Å². The van der Waals surface area contributed by atoms with E-state index in [-0.39, 0.29) is 11.9 Å². The van der Waals surface area contributed by atoms with Gasteiger partial charge in [0.1, 0.15) is 0 Å². The SMILES string of the molecule is CCOC(=O)C1CCC(C)C/C1=N/NC(N)=O. The third-order valence-corrected chi connectivity index (χ3v) is 2.79. The van der Waals surface area contributed by atoms with Gasteiger partial charge in [-0.15, -0.1) is 0 Å². The molecule has 0 spiro atoms. The predicted octanol–water partition coefficient (Wildman–Crippen LogP) is 1.01. The summed E-state index contributed by atoms with van der Waals surface area (Å²) in [6, 6.07) is -0.724. The Kier molecular flexibility index (Phi) is 4.93. The van der Waals surface area contributed by atoms with Gasteiger partial charge in [-0.3, -0.25) is 4.79 Å². The minimum absolute atomic E-state index is 0.274. The average molecular weight is 241 g/mol. The highest BCUT2D eigenvalue weighted by molar-refractivity contribution is 6.03. The lowest BCUT2D eigenvalue weighted by Gasteiger charge is -2.26. The van der Waals surface area contributed by atoms with Gasteiger partial charge in [0.15, 0.2) is 0 Å². The molecule has 0 bridgehead atoms. The fourth-order valence-electron chi connectivity index (χ4n) is 1.97. The molecule has 0 aromatic rings. The van der Waals surface area contributed by atoms with E-state index in [0.29, 0.717) is 31.1 Å². The third-order valence-electron chi connectivity index (χ3n) is 2.79. The Balaban J connectivity index is 2.74. The maximum atomic E-state index is 11.7. The molecule has 1 rings (SSSR count). The number of carbonyl (C=O) groups is 2. The summed E-state index contributed by atoms with van der Waals surface area (Å²) in [6.45, 7) is 4.20. The van der Waals surface area contributed by atoms with Crippen molar-refractivity contribution in [3.63, 3.8) is 0 Å². The molecule has 0 saturated heterocycles. The van der Waals surface area contributed by atoms with E-state index >= 15 is 0 Å². The van der Waals surface area contributed by atoms with Crippen molar-refractivity contribution in [1.29, 1.82) is 0 Å². The topological polar surface area (TPSA) is 93.8 Å². The molecule has 2 atom stereocenters. The van der Waals surface area contributed by atoms with Gasteiger partial charge in [-0.2, -0.15) is 5.10 Å². The standard InChI is InChI=1S/C11H19N3O3/c1-3-17-10(15)8-5-4-7(2)6-9(8)13-14-11(12)16/h7-8H,3-6H2,1-2H3,(H3,12,14,16)/b13-9-. The normalized spacial score (nSPS) is 26.6. The van der Waals surface area contributed by atoms with Gasteiger partial charge in [0.2, 0.25) is 0 Å². The zero-order valence-corrected chi connectivity index (χ0v) is 10.2. The maximum Gasteiger partial charge on any atom is 0.332 e. The lowest BCUT2D eigenvalue weighted by Crippen LogP contribution is -2.35. The van der Waals surface area contributed by atoms with Crippen molar-refractivity contribution in [3.8, 4) is 0 Å². The van der Waals surface area contributed by atoms with E-state index in [2.05, 4.69) is 17.5 Å². The van der Waals surface area contributed by atoms with Crippen LogP contribution in [0.4, 0.5) is 4.79 Å². The van der Waals surface area contributed by atoms with Crippen molar-refractivity contribution < 1.29 is 14.3 Å². The number of nitrogens with two attached hydrogens (primary N) is 1. The number of carbonyl (C=O) groups excluding carboxylic acids is 2. The van der Waals surface area contributed by atoms with Crippen molar-refractivity contribution in [2.75, 3.05) is 6.61 Å². The number of urea groups is 1. The molecule has 1 saturated carbocycles. The van der Waals surface area contributed by atoms with Crippen molar-refractivity contribution >= 4 is 17.7 Å². The summed E-state index contributed by atoms with van der Waals surface area (Å²) < 4.78 is 4.99. The smallest absolute Gasteiger partial charge is 0.332 e. The first-order chi connectivity index (χ1) is 8.04. The second-order valence-corrected chi connectivity index (χ2v) is 4.27. The highest BCUT2D eigenvalue weighted by atomic mass is 16.5. The van der Waals surface area contributed by atoms with E-state index in [1.54, 1.807) is 6.92 Å². The molecular formula is C11H19N3O3. The molecule has 17 heavy (non-hydrogen) atoms. The summed E-state index contributed by atoms with van der Waals surface area (Å²) in [5.41, 5.74) is 7.79. The van der Waals surface area contributed by atoms with Gasteiger partial charge in [0.25, 0.3) is 0 Å². The van der Waals surface area contributed by atoms with E-state index in [4.69, 9.17) is 10.5 Å². The minimum Gasteiger partial charge on any atom is -0.465 e. The lowest BCUT2D eigenvalue weighted by molar-refractivity contribution is -0.146. The second kappa shape index (κ2) is 6.22. The Morgan fingerprint density at radius 3 is 2.82 bits per heavy atom. The van der Waals surface area contributed by atoms with E-state index in [0.717, 1.165) is 6.42 Å². The van der Waals surface area contributed by atoms with Crippen molar-refractivity contribution in [1.82, 2.24) is 5.43 Å². The van der Waals surface area contributed by atoms with E-state index in [1.807, 2.05) is 0 Å². The molecule has 6 nitrogen and oxygen atoms in total. The fourth-order valence-corrected chi connectivity index (χ4v) is 1.97. The minimum atomic E-state index is -0.724. The van der Waals surface area contributed by atoms with Crippen LogP contribution in [0.5, 0.6) is 0 Å². The fraction of sp³-hybridized carbons (Fsp3) is 0.727. The first kappa shape index (κ1) is 13.5. The van der Waals surface area contributed by atoms with E-state index in [1.165, 1.54) is 0 Å². The lowest BCUT2D eigenvalue weighted by atomic mass is 9.81. The first-order valence-electron chi connectivity index (χ1n) is 5.83. The van der Waals surface area contributed by atoms with Gasteiger partial charge in [0, 0.05) is 0 Å². The number of hydrogen-bond acceptors (Lipinski definition) is 4. The number of hydrazone groups is 1. The highest BCUT2D eigenvalue weighted by Gasteiger charge is 2.31. The Bertz CT molecular complexity index is 328. The molecular weight excluding hydrogens is 222 g/mol. The monoisotopic (exact) mass is 241 g/mol. The number of rotatable bonds is 3. The third kappa shape index (κ3) is 4.05. The van der Waals surface area contributed by atoms with Crippen molar-refractivity contribution in [3.05, 3.63) is 0 Å². The quantitative estimate of drug-likeness (QED) is 0.570. The molecule has 1 aliphatic rings. The zero-order valence-electron chi connectivity index (χ0n) is 10.2. The summed E-state index contributed by atoms with van der Waals surface area (Å²) in [5.74, 6) is -0.170. The van der Waals surface area contributed by atoms with Crippen LogP contribution in [0.25, 0.3) is 0 Å². The molecule has 0 aromatic heterocycles. The molecule has 6 heteroatoms. The number of nitrogens with one attached hydrogen (secondary N) is 1. The van der Waals surface area contributed by atoms with Crippen LogP contribution in [0, 0.1) is 11.8 Å². The van der Waals surface area contributed by atoms with Crippen molar-refractivity contribution in [2.24, 2.45) is 22.7 Å². The van der Waals surface area contributed by atoms with Gasteiger partial charge < -0.3 is 10.5 Å². The number of nitrogens with zero attached hydrogens (tertiary/aromatic N) is 1. The predicted molar refractivity (Wildman–Crippen MR) is 63.3 cm³/mol. The highest BCUT2D eigenvalue weighted by Crippen LogP contribution is 2.27. The van der Waals surface area contributed by atoms with Crippen molar-refractivity contribution in [2.45, 2.75) is 33.1 Å². The molecule has 1 fully saturated rings. The van der Waals surface area contributed by atoms with Gasteiger partial charge in [-0.1, -0.05) is 6.92 Å². The largest absolute Gasteiger partial charge is 0.465 e. The summed E-state index contributed by atoms with van der Waals surface area (Å²) >= 11 is 0. The molecule has 0 radical (unpaired) electrons. The van der Waals surface area contributed by atoms with Crippen LogP contribution >= 0.6 is 0 Å². The van der Waals surface area contributed by atoms with Gasteiger partial charge >= 0.3 is 12.0 Å². The Morgan fingerprint density at radius 2 is 2.24 bits per heavy atom. The summed E-state index contributed by atoms with van der Waals surface area (Å²) in [7, 11) is 0. The average Bonchev–Trinajstić information content (AvgIpc) is 2.26. The second-order valence-electron chi connectivity index (χ2n) is 4.27. The van der Waals surface area contributed by atoms with E-state index < -0.39 is 6.03 Å². The first-order valence-corrected chi connectivity index (χ1v) is 5.83.